The first kappa shape index (κ1) is 13.5. The first-order chi connectivity index (χ1) is 7.32. The van der Waals surface area contributed by atoms with Gasteiger partial charge in [0.05, 0.1) is 0 Å². The van der Waals surface area contributed by atoms with Crippen LogP contribution in [0.4, 0.5) is 13.2 Å². The summed E-state index contributed by atoms with van der Waals surface area (Å²) in [6, 6.07) is 3.59. The van der Waals surface area contributed by atoms with Crippen LogP contribution in [0.25, 0.3) is 0 Å². The fourth-order valence-electron chi connectivity index (χ4n) is 1.28. The van der Waals surface area contributed by atoms with Gasteiger partial charge in [-0.1, -0.05) is 6.07 Å². The Kier molecular flexibility index (Phi) is 4.35. The summed E-state index contributed by atoms with van der Waals surface area (Å²) in [5.41, 5.74) is 0. The van der Waals surface area contributed by atoms with Gasteiger partial charge in [-0.15, -0.1) is 11.3 Å². The number of hydrogen-bond acceptors (Lipinski definition) is 3. The minimum Gasteiger partial charge on any atom is -0.382 e. The van der Waals surface area contributed by atoms with E-state index in [0.29, 0.717) is 0 Å². The molecule has 1 aromatic heterocycles. The van der Waals surface area contributed by atoms with Crippen molar-refractivity contribution in [1.82, 2.24) is 4.90 Å². The number of alkyl halides is 3. The highest BCUT2D eigenvalue weighted by Gasteiger charge is 2.39. The maximum Gasteiger partial charge on any atom is 0.415 e. The first-order valence-corrected chi connectivity index (χ1v) is 5.68. The van der Waals surface area contributed by atoms with Crippen LogP contribution in [-0.4, -0.2) is 35.9 Å². The molecule has 0 amide bonds. The Hall–Kier alpha value is -0.590. The molecule has 1 heterocycles. The van der Waals surface area contributed by atoms with E-state index >= 15 is 0 Å². The molecule has 0 bridgehead atoms. The third kappa shape index (κ3) is 3.47. The van der Waals surface area contributed by atoms with E-state index in [2.05, 4.69) is 0 Å². The number of aliphatic hydroxyl groups is 1. The van der Waals surface area contributed by atoms with Crippen molar-refractivity contribution in [3.05, 3.63) is 22.4 Å². The van der Waals surface area contributed by atoms with Gasteiger partial charge in [-0.2, -0.15) is 13.2 Å². The van der Waals surface area contributed by atoms with Crippen LogP contribution in [0.2, 0.25) is 0 Å². The normalized spacial score (nSPS) is 16.4. The van der Waals surface area contributed by atoms with Crippen LogP contribution in [0, 0.1) is 0 Å². The van der Waals surface area contributed by atoms with Crippen molar-refractivity contribution in [2.75, 3.05) is 13.6 Å². The second-order valence-electron chi connectivity index (χ2n) is 3.69. The summed E-state index contributed by atoms with van der Waals surface area (Å²) in [7, 11) is 1.57. The number of hydrogen-bond donors (Lipinski definition) is 1. The Balaban J connectivity index is 2.56. The molecule has 16 heavy (non-hydrogen) atoms. The van der Waals surface area contributed by atoms with Crippen LogP contribution >= 0.6 is 11.3 Å². The van der Waals surface area contributed by atoms with E-state index in [9.17, 15) is 13.2 Å². The van der Waals surface area contributed by atoms with Crippen molar-refractivity contribution in [2.24, 2.45) is 0 Å². The van der Waals surface area contributed by atoms with E-state index in [-0.39, 0.29) is 6.04 Å². The molecule has 0 aliphatic rings. The predicted octanol–water partition coefficient (Wildman–Crippen LogP) is 2.66. The SMILES string of the molecule is CC(c1cccs1)N(C)CC(O)C(F)(F)F. The average molecular weight is 253 g/mol. The maximum absolute atomic E-state index is 12.1. The smallest absolute Gasteiger partial charge is 0.382 e. The van der Waals surface area contributed by atoms with E-state index < -0.39 is 18.8 Å². The fraction of sp³-hybridized carbons (Fsp3) is 0.600. The largest absolute Gasteiger partial charge is 0.415 e. The van der Waals surface area contributed by atoms with Gasteiger partial charge in [0.15, 0.2) is 6.10 Å². The molecular weight excluding hydrogens is 239 g/mol. The zero-order valence-electron chi connectivity index (χ0n) is 9.03. The molecule has 0 fully saturated rings. The minimum absolute atomic E-state index is 0.128. The lowest BCUT2D eigenvalue weighted by Gasteiger charge is -2.27. The molecule has 1 aromatic rings. The maximum atomic E-state index is 12.1. The van der Waals surface area contributed by atoms with Gasteiger partial charge in [0, 0.05) is 17.5 Å². The zero-order chi connectivity index (χ0) is 12.3. The lowest BCUT2D eigenvalue weighted by atomic mass is 10.2. The van der Waals surface area contributed by atoms with Gasteiger partial charge >= 0.3 is 6.18 Å². The zero-order valence-corrected chi connectivity index (χ0v) is 9.85. The summed E-state index contributed by atoms with van der Waals surface area (Å²) in [4.78, 5) is 2.47. The van der Waals surface area contributed by atoms with Gasteiger partial charge in [0.2, 0.25) is 0 Å². The van der Waals surface area contributed by atoms with Crippen molar-refractivity contribution in [1.29, 1.82) is 0 Å². The van der Waals surface area contributed by atoms with Crippen LogP contribution in [0.3, 0.4) is 0 Å². The van der Waals surface area contributed by atoms with Gasteiger partial charge in [-0.25, -0.2) is 0 Å². The van der Waals surface area contributed by atoms with Crippen LogP contribution in [-0.2, 0) is 0 Å². The highest BCUT2D eigenvalue weighted by atomic mass is 32.1. The van der Waals surface area contributed by atoms with Crippen LogP contribution in [0.15, 0.2) is 17.5 Å². The van der Waals surface area contributed by atoms with Crippen molar-refractivity contribution in [2.45, 2.75) is 25.2 Å². The molecule has 2 unspecified atom stereocenters. The molecule has 0 saturated carbocycles. The number of likely N-dealkylation sites (N-methyl/N-ethyl adjacent to an activating group) is 1. The van der Waals surface area contributed by atoms with Gasteiger partial charge < -0.3 is 5.11 Å². The highest BCUT2D eigenvalue weighted by molar-refractivity contribution is 7.10. The predicted molar refractivity (Wildman–Crippen MR) is 57.4 cm³/mol. The number of halogens is 3. The standard InChI is InChI=1S/C10H14F3NOS/c1-7(8-4-3-5-16-8)14(2)6-9(15)10(11,12)13/h3-5,7,9,15H,6H2,1-2H3. The molecule has 2 nitrogen and oxygen atoms in total. The van der Waals surface area contributed by atoms with E-state index in [1.165, 1.54) is 16.2 Å². The molecular formula is C10H14F3NOS. The van der Waals surface area contributed by atoms with Gasteiger partial charge in [0.25, 0.3) is 0 Å². The summed E-state index contributed by atoms with van der Waals surface area (Å²) in [6.07, 6.45) is -6.84. The summed E-state index contributed by atoms with van der Waals surface area (Å²) < 4.78 is 36.4. The summed E-state index contributed by atoms with van der Waals surface area (Å²) in [5.74, 6) is 0. The number of rotatable bonds is 4. The summed E-state index contributed by atoms with van der Waals surface area (Å²) >= 11 is 1.49. The minimum atomic E-state index is -4.55. The van der Waals surface area contributed by atoms with E-state index in [0.717, 1.165) is 4.88 Å². The molecule has 0 spiro atoms. The van der Waals surface area contributed by atoms with Crippen molar-refractivity contribution < 1.29 is 18.3 Å². The molecule has 0 radical (unpaired) electrons. The summed E-state index contributed by atoms with van der Waals surface area (Å²) in [6.45, 7) is 1.40. The summed E-state index contributed by atoms with van der Waals surface area (Å²) in [5, 5.41) is 10.8. The third-order valence-electron chi connectivity index (χ3n) is 2.45. The third-order valence-corrected chi connectivity index (χ3v) is 3.50. The molecule has 0 aromatic carbocycles. The van der Waals surface area contributed by atoms with E-state index in [4.69, 9.17) is 5.11 Å². The molecule has 92 valence electrons. The molecule has 1 N–H and O–H groups in total. The topological polar surface area (TPSA) is 23.5 Å². The van der Waals surface area contributed by atoms with Crippen LogP contribution in [0.1, 0.15) is 17.8 Å². The molecule has 6 heteroatoms. The second-order valence-corrected chi connectivity index (χ2v) is 4.67. The van der Waals surface area contributed by atoms with Crippen LogP contribution in [0.5, 0.6) is 0 Å². The number of nitrogens with zero attached hydrogens (tertiary/aromatic N) is 1. The molecule has 0 saturated heterocycles. The second kappa shape index (κ2) is 5.16. The quantitative estimate of drug-likeness (QED) is 0.891. The van der Waals surface area contributed by atoms with Crippen molar-refractivity contribution >= 4 is 11.3 Å². The Bertz CT molecular complexity index is 312. The number of aliphatic hydroxyl groups excluding tert-OH is 1. The van der Waals surface area contributed by atoms with Gasteiger partial charge in [0.1, 0.15) is 0 Å². The monoisotopic (exact) mass is 253 g/mol. The van der Waals surface area contributed by atoms with E-state index in [1.807, 2.05) is 24.4 Å². The fourth-order valence-corrected chi connectivity index (χ4v) is 2.13. The molecule has 2 atom stereocenters. The Morgan fingerprint density at radius 3 is 2.56 bits per heavy atom. The van der Waals surface area contributed by atoms with Gasteiger partial charge in [-0.3, -0.25) is 4.90 Å². The lowest BCUT2D eigenvalue weighted by molar-refractivity contribution is -0.208. The number of thiophene rings is 1. The Morgan fingerprint density at radius 1 is 1.50 bits per heavy atom. The average Bonchev–Trinajstić information content (AvgIpc) is 2.67. The Labute approximate surface area is 96.3 Å². The van der Waals surface area contributed by atoms with Crippen molar-refractivity contribution in [3.8, 4) is 0 Å². The van der Waals surface area contributed by atoms with Crippen molar-refractivity contribution in [3.63, 3.8) is 0 Å². The highest BCUT2D eigenvalue weighted by Crippen LogP contribution is 2.26. The molecule has 0 aliphatic carbocycles. The Morgan fingerprint density at radius 2 is 2.12 bits per heavy atom. The van der Waals surface area contributed by atoms with Gasteiger partial charge in [-0.05, 0) is 25.4 Å². The first-order valence-electron chi connectivity index (χ1n) is 4.80. The van der Waals surface area contributed by atoms with Crippen LogP contribution < -0.4 is 0 Å². The molecule has 0 aliphatic heterocycles. The molecule has 1 rings (SSSR count). The van der Waals surface area contributed by atoms with E-state index in [1.54, 1.807) is 7.05 Å². The lowest BCUT2D eigenvalue weighted by Crippen LogP contribution is -2.40.